The monoisotopic (exact) mass is 650 g/mol. The molecule has 8 aromatic carbocycles. The van der Waals surface area contributed by atoms with Crippen LogP contribution in [0.5, 0.6) is 0 Å². The Morgan fingerprint density at radius 3 is 1.82 bits per heavy atom. The molecule has 2 heteroatoms. The van der Waals surface area contributed by atoms with E-state index in [9.17, 15) is 0 Å². The Hall–Kier alpha value is -6.38. The van der Waals surface area contributed by atoms with Crippen molar-refractivity contribution >= 4 is 32.3 Å². The lowest BCUT2D eigenvalue weighted by Gasteiger charge is -2.24. The van der Waals surface area contributed by atoms with Gasteiger partial charge < -0.3 is 0 Å². The number of hydrogen-bond acceptors (Lipinski definition) is 2. The lowest BCUT2D eigenvalue weighted by atomic mass is 9.79. The molecule has 0 saturated carbocycles. The molecular weight excluding hydrogens is 617 g/mol. The van der Waals surface area contributed by atoms with Gasteiger partial charge >= 0.3 is 0 Å². The summed E-state index contributed by atoms with van der Waals surface area (Å²) in [7, 11) is 0. The van der Waals surface area contributed by atoms with E-state index >= 15 is 0 Å². The van der Waals surface area contributed by atoms with Gasteiger partial charge in [-0.3, -0.25) is 0 Å². The second-order valence-electron chi connectivity index (χ2n) is 14.1. The maximum absolute atomic E-state index is 5.35. The Labute approximate surface area is 297 Å². The van der Waals surface area contributed by atoms with Gasteiger partial charge in [-0.1, -0.05) is 172 Å². The molecular formula is C49H34N2. The molecule has 0 atom stereocenters. The van der Waals surface area contributed by atoms with Gasteiger partial charge in [0.2, 0.25) is 0 Å². The van der Waals surface area contributed by atoms with E-state index in [2.05, 4.69) is 178 Å². The van der Waals surface area contributed by atoms with Crippen LogP contribution >= 0.6 is 0 Å². The molecule has 0 fully saturated rings. The third-order valence-corrected chi connectivity index (χ3v) is 10.9. The third kappa shape index (κ3) is 4.57. The molecule has 1 heterocycles. The predicted octanol–water partition coefficient (Wildman–Crippen LogP) is 12.9. The standard InChI is InChI=1S/C49H34N2/c1-49(2)43-26-13-12-21-36(43)40-24-14-25-41(47(40)49)45-30-44(50-48(51-45)32-16-4-3-5-17-32)37-22-10-11-23-38(37)46-35-20-9-7-18-33(35)29-42-34-19-8-6-15-31(34)27-28-39(42)46/h3-30H,1-2H3. The fourth-order valence-corrected chi connectivity index (χ4v) is 8.54. The molecule has 9 aromatic rings. The normalized spacial score (nSPS) is 13.1. The van der Waals surface area contributed by atoms with Crippen LogP contribution in [0.4, 0.5) is 0 Å². The van der Waals surface area contributed by atoms with Crippen LogP contribution in [0.15, 0.2) is 170 Å². The maximum atomic E-state index is 5.35. The number of nitrogens with zero attached hydrogens (tertiary/aromatic N) is 2. The van der Waals surface area contributed by atoms with Crippen molar-refractivity contribution < 1.29 is 0 Å². The van der Waals surface area contributed by atoms with E-state index in [-0.39, 0.29) is 5.41 Å². The first-order valence-electron chi connectivity index (χ1n) is 17.7. The van der Waals surface area contributed by atoms with Crippen LogP contribution in [0.1, 0.15) is 25.0 Å². The average Bonchev–Trinajstić information content (AvgIpc) is 3.43. The van der Waals surface area contributed by atoms with Crippen LogP contribution in [-0.2, 0) is 5.41 Å². The zero-order valence-corrected chi connectivity index (χ0v) is 28.6. The van der Waals surface area contributed by atoms with Crippen LogP contribution in [0, 0.1) is 0 Å². The van der Waals surface area contributed by atoms with Crippen LogP contribution < -0.4 is 0 Å². The average molecular weight is 651 g/mol. The van der Waals surface area contributed by atoms with Crippen molar-refractivity contribution in [1.29, 1.82) is 0 Å². The van der Waals surface area contributed by atoms with Crippen molar-refractivity contribution in [3.63, 3.8) is 0 Å². The number of benzene rings is 8. The molecule has 2 nitrogen and oxygen atoms in total. The lowest BCUT2D eigenvalue weighted by molar-refractivity contribution is 0.662. The van der Waals surface area contributed by atoms with Crippen LogP contribution in [0.2, 0.25) is 0 Å². The Morgan fingerprint density at radius 1 is 0.392 bits per heavy atom. The summed E-state index contributed by atoms with van der Waals surface area (Å²) in [5.74, 6) is 0.720. The first-order valence-corrected chi connectivity index (χ1v) is 17.7. The molecule has 51 heavy (non-hydrogen) atoms. The minimum absolute atomic E-state index is 0.177. The van der Waals surface area contributed by atoms with Crippen molar-refractivity contribution in [2.45, 2.75) is 19.3 Å². The van der Waals surface area contributed by atoms with Crippen molar-refractivity contribution in [2.24, 2.45) is 0 Å². The van der Waals surface area contributed by atoms with E-state index in [4.69, 9.17) is 9.97 Å². The Bertz CT molecular complexity index is 2830. The molecule has 0 radical (unpaired) electrons. The Balaban J connectivity index is 1.26. The summed E-state index contributed by atoms with van der Waals surface area (Å²) in [5, 5.41) is 7.45. The van der Waals surface area contributed by atoms with Gasteiger partial charge in [-0.25, -0.2) is 9.97 Å². The van der Waals surface area contributed by atoms with Gasteiger partial charge in [-0.05, 0) is 77.8 Å². The largest absolute Gasteiger partial charge is 0.228 e. The minimum Gasteiger partial charge on any atom is -0.228 e. The van der Waals surface area contributed by atoms with Crippen molar-refractivity contribution in [1.82, 2.24) is 9.97 Å². The zero-order valence-electron chi connectivity index (χ0n) is 28.6. The summed E-state index contributed by atoms with van der Waals surface area (Å²) in [5.41, 5.74) is 12.5. The summed E-state index contributed by atoms with van der Waals surface area (Å²) in [4.78, 5) is 10.7. The lowest BCUT2D eigenvalue weighted by Crippen LogP contribution is -2.16. The second-order valence-corrected chi connectivity index (χ2v) is 14.1. The van der Waals surface area contributed by atoms with Crippen molar-refractivity contribution in [3.8, 4) is 56.2 Å². The summed E-state index contributed by atoms with van der Waals surface area (Å²) < 4.78 is 0. The topological polar surface area (TPSA) is 25.8 Å². The van der Waals surface area contributed by atoms with E-state index < -0.39 is 0 Å². The van der Waals surface area contributed by atoms with E-state index in [1.54, 1.807) is 0 Å². The number of aromatic nitrogens is 2. The molecule has 0 spiro atoms. The van der Waals surface area contributed by atoms with Gasteiger partial charge in [0.25, 0.3) is 0 Å². The number of hydrogen-bond donors (Lipinski definition) is 0. The van der Waals surface area contributed by atoms with Gasteiger partial charge in [0.15, 0.2) is 5.82 Å². The van der Waals surface area contributed by atoms with Gasteiger partial charge in [0.1, 0.15) is 0 Å². The highest BCUT2D eigenvalue weighted by atomic mass is 14.9. The first-order chi connectivity index (χ1) is 25.1. The maximum Gasteiger partial charge on any atom is 0.160 e. The Morgan fingerprint density at radius 2 is 1.00 bits per heavy atom. The van der Waals surface area contributed by atoms with E-state index in [1.807, 2.05) is 6.07 Å². The highest BCUT2D eigenvalue weighted by Gasteiger charge is 2.37. The van der Waals surface area contributed by atoms with Gasteiger partial charge in [0, 0.05) is 22.1 Å². The number of fused-ring (bicyclic) bond motifs is 7. The molecule has 0 N–H and O–H groups in total. The first kappa shape index (κ1) is 29.5. The van der Waals surface area contributed by atoms with Gasteiger partial charge in [-0.2, -0.15) is 0 Å². The third-order valence-electron chi connectivity index (χ3n) is 10.9. The Kier molecular flexibility index (Phi) is 6.56. The van der Waals surface area contributed by atoms with Crippen LogP contribution in [0.3, 0.4) is 0 Å². The molecule has 0 saturated heterocycles. The molecule has 10 rings (SSSR count). The van der Waals surface area contributed by atoms with Gasteiger partial charge in [-0.15, -0.1) is 0 Å². The van der Waals surface area contributed by atoms with Crippen molar-refractivity contribution in [3.05, 3.63) is 181 Å². The van der Waals surface area contributed by atoms with Crippen LogP contribution in [-0.4, -0.2) is 9.97 Å². The zero-order chi connectivity index (χ0) is 34.1. The summed E-state index contributed by atoms with van der Waals surface area (Å²) >= 11 is 0. The summed E-state index contributed by atoms with van der Waals surface area (Å²) in [6.45, 7) is 4.68. The summed E-state index contributed by atoms with van der Waals surface area (Å²) in [6.07, 6.45) is 0. The molecule has 0 amide bonds. The molecule has 0 aliphatic heterocycles. The molecule has 1 aromatic heterocycles. The minimum atomic E-state index is -0.177. The van der Waals surface area contributed by atoms with Gasteiger partial charge in [0.05, 0.1) is 11.4 Å². The predicted molar refractivity (Wildman–Crippen MR) is 214 cm³/mol. The van der Waals surface area contributed by atoms with E-state index in [1.165, 1.54) is 60.1 Å². The van der Waals surface area contributed by atoms with E-state index in [0.717, 1.165) is 39.5 Å². The highest BCUT2D eigenvalue weighted by molar-refractivity contribution is 6.21. The van der Waals surface area contributed by atoms with E-state index in [0.29, 0.717) is 0 Å². The van der Waals surface area contributed by atoms with Crippen LogP contribution in [0.25, 0.3) is 88.5 Å². The molecule has 1 aliphatic carbocycles. The second kappa shape index (κ2) is 11.3. The fraction of sp³-hybridized carbons (Fsp3) is 0.0612. The number of rotatable bonds is 4. The molecule has 0 unspecified atom stereocenters. The molecule has 240 valence electrons. The quantitative estimate of drug-likeness (QED) is 0.140. The van der Waals surface area contributed by atoms with Crippen molar-refractivity contribution in [2.75, 3.05) is 0 Å². The summed E-state index contributed by atoms with van der Waals surface area (Å²) in [6, 6.07) is 61.2. The molecule has 1 aliphatic rings. The highest BCUT2D eigenvalue weighted by Crippen LogP contribution is 2.52. The fourth-order valence-electron chi connectivity index (χ4n) is 8.54. The molecule has 0 bridgehead atoms. The smallest absolute Gasteiger partial charge is 0.160 e. The SMILES string of the molecule is CC1(C)c2ccccc2-c2cccc(-c3cc(-c4ccccc4-c4c5ccccc5cc5c4ccc4ccccc45)nc(-c4ccccc4)n3)c21.